The Labute approximate surface area is 339 Å². The molecule has 0 aliphatic carbocycles. The van der Waals surface area contributed by atoms with Crippen molar-refractivity contribution < 1.29 is 69.0 Å². The predicted octanol–water partition coefficient (Wildman–Crippen LogP) is -2.88. The van der Waals surface area contributed by atoms with Gasteiger partial charge in [0, 0.05) is 12.8 Å². The van der Waals surface area contributed by atoms with Crippen molar-refractivity contribution in [3.63, 3.8) is 0 Å². The van der Waals surface area contributed by atoms with Crippen LogP contribution in [0.25, 0.3) is 0 Å². The van der Waals surface area contributed by atoms with E-state index in [0.717, 1.165) is 0 Å². The molecule has 0 aliphatic heterocycles. The second-order valence-electron chi connectivity index (χ2n) is 13.8. The third-order valence-electron chi connectivity index (χ3n) is 9.18. The van der Waals surface area contributed by atoms with Crippen molar-refractivity contribution in [1.29, 1.82) is 0 Å². The highest BCUT2D eigenvalue weighted by Gasteiger charge is 2.34. The zero-order chi connectivity index (χ0) is 44.4. The zero-order valence-electron chi connectivity index (χ0n) is 32.7. The van der Waals surface area contributed by atoms with Crippen molar-refractivity contribution in [3.8, 4) is 11.5 Å². The molecule has 59 heavy (non-hydrogen) atoms. The minimum Gasteiger partial charge on any atom is -0.508 e. The zero-order valence-corrected chi connectivity index (χ0v) is 32.7. The second kappa shape index (κ2) is 23.8. The Bertz CT molecular complexity index is 1780. The molecule has 0 radical (unpaired) electrons. The first-order chi connectivity index (χ1) is 27.8. The number of aliphatic hydroxyl groups excluding tert-OH is 2. The van der Waals surface area contributed by atoms with Gasteiger partial charge in [0.25, 0.3) is 0 Å². The largest absolute Gasteiger partial charge is 0.508 e. The maximum absolute atomic E-state index is 13.4. The first-order valence-electron chi connectivity index (χ1n) is 18.6. The average Bonchev–Trinajstić information content (AvgIpc) is 3.19. The summed E-state index contributed by atoms with van der Waals surface area (Å²) in [5.74, 6) is -9.37. The number of carboxylic acids is 2. The number of aliphatic carboxylic acids is 2. The highest BCUT2D eigenvalue weighted by molar-refractivity contribution is 5.97. The number of nitrogens with two attached hydrogens (primary N) is 1. The van der Waals surface area contributed by atoms with Gasteiger partial charge in [-0.05, 0) is 61.1 Å². The summed E-state index contributed by atoms with van der Waals surface area (Å²) < 4.78 is 0. The van der Waals surface area contributed by atoms with Gasteiger partial charge in [0.1, 0.15) is 47.8 Å². The molecule has 0 aliphatic rings. The van der Waals surface area contributed by atoms with Crippen LogP contribution in [0.4, 0.5) is 0 Å². The van der Waals surface area contributed by atoms with E-state index in [1.807, 2.05) is 0 Å². The smallest absolute Gasteiger partial charge is 0.326 e. The second-order valence-corrected chi connectivity index (χ2v) is 13.8. The van der Waals surface area contributed by atoms with Crippen molar-refractivity contribution >= 4 is 47.4 Å². The number of rotatable bonds is 24. The number of carbonyl (C=O) groups is 8. The Kier molecular flexibility index (Phi) is 19.7. The SMILES string of the molecule is CC[C@H](C)[C@H](NC(=O)[C@H](CO)NC(=O)[C@H](CCC(=O)O)NC(=O)[C@H](CO)NC(=O)[C@H](C)NC(=O)[C@@H](N)Cc1ccc(O)cc1)C(=O)N[C@@H](Cc1ccc(O)cc1)C(=O)O. The van der Waals surface area contributed by atoms with Gasteiger partial charge in [-0.3, -0.25) is 33.6 Å². The average molecular weight is 832 g/mol. The summed E-state index contributed by atoms with van der Waals surface area (Å²) in [5.41, 5.74) is 7.04. The van der Waals surface area contributed by atoms with E-state index in [0.29, 0.717) is 17.5 Å². The summed E-state index contributed by atoms with van der Waals surface area (Å²) in [7, 11) is 0. The highest BCUT2D eigenvalue weighted by atomic mass is 16.4. The van der Waals surface area contributed by atoms with Crippen LogP contribution in [-0.2, 0) is 51.2 Å². The lowest BCUT2D eigenvalue weighted by molar-refractivity contribution is -0.142. The van der Waals surface area contributed by atoms with Crippen LogP contribution in [0.2, 0.25) is 0 Å². The van der Waals surface area contributed by atoms with Crippen molar-refractivity contribution in [1.82, 2.24) is 31.9 Å². The molecule has 0 unspecified atom stereocenters. The van der Waals surface area contributed by atoms with Crippen LogP contribution in [0, 0.1) is 5.92 Å². The Morgan fingerprint density at radius 2 is 1.02 bits per heavy atom. The van der Waals surface area contributed by atoms with Gasteiger partial charge >= 0.3 is 11.9 Å². The maximum atomic E-state index is 13.4. The topological polar surface area (TPSA) is 356 Å². The number of hydrogen-bond acceptors (Lipinski definition) is 13. The van der Waals surface area contributed by atoms with E-state index >= 15 is 0 Å². The molecule has 0 heterocycles. The first-order valence-corrected chi connectivity index (χ1v) is 18.6. The summed E-state index contributed by atoms with van der Waals surface area (Å²) in [5, 5.41) is 71.7. The van der Waals surface area contributed by atoms with Crippen molar-refractivity contribution in [3.05, 3.63) is 59.7 Å². The molecular formula is C38H53N7O14. The van der Waals surface area contributed by atoms with Gasteiger partial charge < -0.3 is 68.3 Å². The van der Waals surface area contributed by atoms with E-state index in [1.54, 1.807) is 26.0 Å². The van der Waals surface area contributed by atoms with Gasteiger partial charge in [-0.25, -0.2) is 4.79 Å². The third-order valence-corrected chi connectivity index (χ3v) is 9.18. The number of carboxylic acid groups (broad SMARTS) is 2. The lowest BCUT2D eigenvalue weighted by atomic mass is 9.97. The lowest BCUT2D eigenvalue weighted by Crippen LogP contribution is -2.61. The van der Waals surface area contributed by atoms with Crippen LogP contribution in [0.1, 0.15) is 51.2 Å². The number of phenols is 2. The van der Waals surface area contributed by atoms with Gasteiger partial charge in [0.2, 0.25) is 35.4 Å². The maximum Gasteiger partial charge on any atom is 0.326 e. The number of aromatic hydroxyl groups is 2. The molecule has 6 amide bonds. The van der Waals surface area contributed by atoms with E-state index < -0.39 is 122 Å². The number of aliphatic hydroxyl groups is 2. The van der Waals surface area contributed by atoms with Crippen LogP contribution in [-0.4, -0.2) is 134 Å². The lowest BCUT2D eigenvalue weighted by Gasteiger charge is -2.28. The number of amides is 6. The molecule has 2 aromatic carbocycles. The fourth-order valence-corrected chi connectivity index (χ4v) is 5.42. The molecule has 14 N–H and O–H groups in total. The van der Waals surface area contributed by atoms with Crippen LogP contribution in [0.3, 0.4) is 0 Å². The Balaban J connectivity index is 2.12. The van der Waals surface area contributed by atoms with Gasteiger partial charge in [-0.15, -0.1) is 0 Å². The molecule has 0 aromatic heterocycles. The number of nitrogens with one attached hydrogen (secondary N) is 6. The van der Waals surface area contributed by atoms with Crippen molar-refractivity contribution in [2.75, 3.05) is 13.2 Å². The molecular weight excluding hydrogens is 778 g/mol. The summed E-state index contributed by atoms with van der Waals surface area (Å²) in [6, 6.07) is 1.17. The summed E-state index contributed by atoms with van der Waals surface area (Å²) >= 11 is 0. The van der Waals surface area contributed by atoms with Crippen LogP contribution < -0.4 is 37.6 Å². The Hall–Kier alpha value is -6.32. The van der Waals surface area contributed by atoms with E-state index in [2.05, 4.69) is 31.9 Å². The molecule has 21 heteroatoms. The molecule has 0 fully saturated rings. The van der Waals surface area contributed by atoms with Crippen LogP contribution >= 0.6 is 0 Å². The monoisotopic (exact) mass is 831 g/mol. The number of phenolic OH excluding ortho intramolecular Hbond substituents is 2. The quantitative estimate of drug-likeness (QED) is 0.0505. The number of hydrogen-bond donors (Lipinski definition) is 13. The van der Waals surface area contributed by atoms with E-state index in [4.69, 9.17) is 5.73 Å². The summed E-state index contributed by atoms with van der Waals surface area (Å²) in [6.07, 6.45) is -1.03. The Morgan fingerprint density at radius 1 is 0.576 bits per heavy atom. The fraction of sp³-hybridized carbons (Fsp3) is 0.474. The normalized spacial score (nSPS) is 15.0. The van der Waals surface area contributed by atoms with Gasteiger partial charge in [0.15, 0.2) is 0 Å². The van der Waals surface area contributed by atoms with E-state index in [9.17, 15) is 69.0 Å². The molecule has 0 saturated carbocycles. The van der Waals surface area contributed by atoms with Crippen molar-refractivity contribution in [2.24, 2.45) is 11.7 Å². The minimum absolute atomic E-state index is 0.0128. The highest BCUT2D eigenvalue weighted by Crippen LogP contribution is 2.14. The third kappa shape index (κ3) is 16.2. The molecule has 8 atom stereocenters. The first kappa shape index (κ1) is 48.8. The minimum atomic E-state index is -1.77. The molecule has 0 spiro atoms. The van der Waals surface area contributed by atoms with E-state index in [1.165, 1.54) is 43.3 Å². The van der Waals surface area contributed by atoms with Crippen molar-refractivity contribution in [2.45, 2.75) is 95.2 Å². The summed E-state index contributed by atoms with van der Waals surface area (Å²) in [4.78, 5) is 102. The summed E-state index contributed by atoms with van der Waals surface area (Å²) in [6.45, 7) is 2.50. The van der Waals surface area contributed by atoms with Crippen LogP contribution in [0.5, 0.6) is 11.5 Å². The van der Waals surface area contributed by atoms with Crippen LogP contribution in [0.15, 0.2) is 48.5 Å². The van der Waals surface area contributed by atoms with Gasteiger partial charge in [-0.1, -0.05) is 44.5 Å². The molecule has 21 nitrogen and oxygen atoms in total. The molecule has 0 bridgehead atoms. The van der Waals surface area contributed by atoms with Gasteiger partial charge in [-0.2, -0.15) is 0 Å². The predicted molar refractivity (Wildman–Crippen MR) is 207 cm³/mol. The standard InChI is InChI=1S/C38H53N7O14/c1-4-19(2)31(37(57)42-27(38(58)59)16-22-7-11-24(49)12-8-22)45-36(56)29(18-47)44-34(54)26(13-14-30(50)51)41-35(55)28(17-46)43-32(52)20(3)40-33(53)25(39)15-21-5-9-23(48)10-6-21/h5-12,19-20,25-29,31,46-49H,4,13-18,39H2,1-3H3,(H,40,53)(H,41,55)(H,42,57)(H,43,52)(H,44,54)(H,45,56)(H,50,51)(H,58,59)/t19-,20-,25-,26-,27-,28-,29-,31-/m0/s1. The Morgan fingerprint density at radius 3 is 1.49 bits per heavy atom. The molecule has 2 rings (SSSR count). The number of benzene rings is 2. The molecule has 2 aromatic rings. The molecule has 0 saturated heterocycles. The number of carbonyl (C=O) groups excluding carboxylic acids is 6. The van der Waals surface area contributed by atoms with Gasteiger partial charge in [0.05, 0.1) is 19.3 Å². The fourth-order valence-electron chi connectivity index (χ4n) is 5.42. The van der Waals surface area contributed by atoms with E-state index in [-0.39, 0.29) is 24.3 Å². The molecule has 324 valence electrons.